The Morgan fingerprint density at radius 3 is 3.17 bits per heavy atom. The second kappa shape index (κ2) is 6.00. The Hall–Kier alpha value is -1.36. The Morgan fingerprint density at radius 1 is 1.61 bits per heavy atom. The molecule has 1 aromatic rings. The summed E-state index contributed by atoms with van der Waals surface area (Å²) in [5, 5.41) is 9.02. The summed E-state index contributed by atoms with van der Waals surface area (Å²) in [5.74, 6) is 0.00751. The fourth-order valence-corrected chi connectivity index (χ4v) is 2.35. The SMILES string of the molecule is CCOCCCc1nc2c([nH]1)CC(C(=O)O)CC2. The molecule has 1 unspecified atom stereocenters. The maximum absolute atomic E-state index is 11.0. The van der Waals surface area contributed by atoms with Gasteiger partial charge in [0.1, 0.15) is 5.82 Å². The van der Waals surface area contributed by atoms with Gasteiger partial charge >= 0.3 is 5.97 Å². The molecule has 5 nitrogen and oxygen atoms in total. The summed E-state index contributed by atoms with van der Waals surface area (Å²) < 4.78 is 5.29. The van der Waals surface area contributed by atoms with Crippen molar-refractivity contribution in [1.29, 1.82) is 0 Å². The average Bonchev–Trinajstić information content (AvgIpc) is 2.76. The molecular formula is C13H20N2O3. The summed E-state index contributed by atoms with van der Waals surface area (Å²) in [7, 11) is 0. The number of fused-ring (bicyclic) bond motifs is 1. The van der Waals surface area contributed by atoms with Gasteiger partial charge in [-0.15, -0.1) is 0 Å². The van der Waals surface area contributed by atoms with Crippen LogP contribution in [0.15, 0.2) is 0 Å². The van der Waals surface area contributed by atoms with Crippen LogP contribution in [0.4, 0.5) is 0 Å². The number of carboxylic acids is 1. The molecule has 1 aliphatic rings. The van der Waals surface area contributed by atoms with Crippen LogP contribution in [0.1, 0.15) is 37.0 Å². The van der Waals surface area contributed by atoms with E-state index in [9.17, 15) is 4.79 Å². The topological polar surface area (TPSA) is 75.2 Å². The van der Waals surface area contributed by atoms with Crippen molar-refractivity contribution in [2.24, 2.45) is 5.92 Å². The van der Waals surface area contributed by atoms with Crippen molar-refractivity contribution in [3.63, 3.8) is 0 Å². The zero-order valence-electron chi connectivity index (χ0n) is 10.7. The molecule has 0 bridgehead atoms. The lowest BCUT2D eigenvalue weighted by Crippen LogP contribution is -2.22. The number of carbonyl (C=O) groups is 1. The van der Waals surface area contributed by atoms with Gasteiger partial charge in [-0.3, -0.25) is 4.79 Å². The first-order valence-corrected chi connectivity index (χ1v) is 6.58. The quantitative estimate of drug-likeness (QED) is 0.753. The number of H-pyrrole nitrogens is 1. The Balaban J connectivity index is 1.91. The van der Waals surface area contributed by atoms with Gasteiger partial charge in [0.15, 0.2) is 0 Å². The molecule has 0 saturated carbocycles. The summed E-state index contributed by atoms with van der Waals surface area (Å²) in [5.41, 5.74) is 2.07. The van der Waals surface area contributed by atoms with Gasteiger partial charge in [-0.25, -0.2) is 4.98 Å². The molecule has 0 fully saturated rings. The van der Waals surface area contributed by atoms with Crippen molar-refractivity contribution in [3.05, 3.63) is 17.2 Å². The summed E-state index contributed by atoms with van der Waals surface area (Å²) >= 11 is 0. The minimum absolute atomic E-state index is 0.255. The molecule has 1 atom stereocenters. The molecule has 1 aromatic heterocycles. The van der Waals surface area contributed by atoms with E-state index in [0.717, 1.165) is 49.7 Å². The number of aromatic nitrogens is 2. The van der Waals surface area contributed by atoms with Crippen LogP contribution in [0.5, 0.6) is 0 Å². The lowest BCUT2D eigenvalue weighted by molar-refractivity contribution is -0.142. The third-order valence-corrected chi connectivity index (χ3v) is 3.35. The minimum atomic E-state index is -0.701. The van der Waals surface area contributed by atoms with Crippen LogP contribution in [-0.2, 0) is 28.8 Å². The summed E-state index contributed by atoms with van der Waals surface area (Å²) in [6.07, 6.45) is 3.87. The molecule has 1 aliphatic carbocycles. The molecule has 5 heteroatoms. The molecule has 0 amide bonds. The maximum atomic E-state index is 11.0. The highest BCUT2D eigenvalue weighted by Crippen LogP contribution is 2.24. The Labute approximate surface area is 107 Å². The second-order valence-corrected chi connectivity index (χ2v) is 4.69. The predicted molar refractivity (Wildman–Crippen MR) is 66.6 cm³/mol. The van der Waals surface area contributed by atoms with Crippen molar-refractivity contribution >= 4 is 5.97 Å². The number of hydrogen-bond donors (Lipinski definition) is 2. The second-order valence-electron chi connectivity index (χ2n) is 4.69. The normalized spacial score (nSPS) is 18.6. The van der Waals surface area contributed by atoms with Crippen LogP contribution in [0, 0.1) is 5.92 Å². The zero-order chi connectivity index (χ0) is 13.0. The number of carboxylic acid groups (broad SMARTS) is 1. The van der Waals surface area contributed by atoms with Crippen molar-refractivity contribution in [3.8, 4) is 0 Å². The molecule has 1 heterocycles. The Bertz CT molecular complexity index is 414. The minimum Gasteiger partial charge on any atom is -0.481 e. The molecule has 18 heavy (non-hydrogen) atoms. The monoisotopic (exact) mass is 252 g/mol. The van der Waals surface area contributed by atoms with E-state index in [1.54, 1.807) is 0 Å². The van der Waals surface area contributed by atoms with Gasteiger partial charge in [-0.2, -0.15) is 0 Å². The fraction of sp³-hybridized carbons (Fsp3) is 0.692. The molecule has 0 aliphatic heterocycles. The van der Waals surface area contributed by atoms with E-state index in [-0.39, 0.29) is 5.92 Å². The number of hydrogen-bond acceptors (Lipinski definition) is 3. The van der Waals surface area contributed by atoms with Gasteiger partial charge in [0.2, 0.25) is 0 Å². The van der Waals surface area contributed by atoms with E-state index in [1.807, 2.05) is 6.92 Å². The number of rotatable bonds is 6. The Kier molecular flexibility index (Phi) is 4.36. The molecular weight excluding hydrogens is 232 g/mol. The number of aromatic amines is 1. The largest absolute Gasteiger partial charge is 0.481 e. The van der Waals surface area contributed by atoms with Gasteiger partial charge in [-0.1, -0.05) is 0 Å². The number of nitrogens with one attached hydrogen (secondary N) is 1. The van der Waals surface area contributed by atoms with Gasteiger partial charge in [0.05, 0.1) is 11.6 Å². The average molecular weight is 252 g/mol. The number of nitrogens with zero attached hydrogens (tertiary/aromatic N) is 1. The van der Waals surface area contributed by atoms with Crippen LogP contribution >= 0.6 is 0 Å². The first-order valence-electron chi connectivity index (χ1n) is 6.58. The molecule has 0 spiro atoms. The van der Waals surface area contributed by atoms with Crippen molar-refractivity contribution in [2.75, 3.05) is 13.2 Å². The van der Waals surface area contributed by atoms with Crippen molar-refractivity contribution in [1.82, 2.24) is 9.97 Å². The first-order chi connectivity index (χ1) is 8.70. The third-order valence-electron chi connectivity index (χ3n) is 3.35. The molecule has 2 rings (SSSR count). The summed E-state index contributed by atoms with van der Waals surface area (Å²) in [6.45, 7) is 3.48. The van der Waals surface area contributed by atoms with Crippen LogP contribution < -0.4 is 0 Å². The van der Waals surface area contributed by atoms with E-state index in [2.05, 4.69) is 9.97 Å². The summed E-state index contributed by atoms with van der Waals surface area (Å²) in [4.78, 5) is 18.8. The van der Waals surface area contributed by atoms with E-state index in [1.165, 1.54) is 0 Å². The van der Waals surface area contributed by atoms with Gasteiger partial charge in [0, 0.05) is 31.7 Å². The molecule has 2 N–H and O–H groups in total. The van der Waals surface area contributed by atoms with Crippen molar-refractivity contribution in [2.45, 2.75) is 39.0 Å². The lowest BCUT2D eigenvalue weighted by Gasteiger charge is -2.16. The highest BCUT2D eigenvalue weighted by molar-refractivity contribution is 5.70. The predicted octanol–water partition coefficient (Wildman–Crippen LogP) is 1.57. The zero-order valence-corrected chi connectivity index (χ0v) is 10.7. The van der Waals surface area contributed by atoms with Gasteiger partial charge in [0.25, 0.3) is 0 Å². The van der Waals surface area contributed by atoms with Gasteiger partial charge < -0.3 is 14.8 Å². The lowest BCUT2D eigenvalue weighted by atomic mass is 9.90. The van der Waals surface area contributed by atoms with Crippen LogP contribution in [-0.4, -0.2) is 34.3 Å². The van der Waals surface area contributed by atoms with Gasteiger partial charge in [-0.05, 0) is 26.2 Å². The Morgan fingerprint density at radius 2 is 2.44 bits per heavy atom. The number of imidazole rings is 1. The highest BCUT2D eigenvalue weighted by Gasteiger charge is 2.26. The third kappa shape index (κ3) is 3.10. The van der Waals surface area contributed by atoms with E-state index in [4.69, 9.17) is 9.84 Å². The number of aryl methyl sites for hydroxylation is 2. The van der Waals surface area contributed by atoms with E-state index >= 15 is 0 Å². The van der Waals surface area contributed by atoms with Crippen LogP contribution in [0.2, 0.25) is 0 Å². The molecule has 0 saturated heterocycles. The molecule has 0 aromatic carbocycles. The van der Waals surface area contributed by atoms with E-state index in [0.29, 0.717) is 12.8 Å². The van der Waals surface area contributed by atoms with Crippen LogP contribution in [0.3, 0.4) is 0 Å². The van der Waals surface area contributed by atoms with Crippen LogP contribution in [0.25, 0.3) is 0 Å². The highest BCUT2D eigenvalue weighted by atomic mass is 16.5. The first kappa shape index (κ1) is 13.1. The smallest absolute Gasteiger partial charge is 0.306 e. The van der Waals surface area contributed by atoms with Crippen molar-refractivity contribution < 1.29 is 14.6 Å². The number of aliphatic carboxylic acids is 1. The standard InChI is InChI=1S/C13H20N2O3/c1-2-18-7-3-4-12-14-10-6-5-9(13(16)17)8-11(10)15-12/h9H,2-8H2,1H3,(H,14,15)(H,16,17). The molecule has 0 radical (unpaired) electrons. The summed E-state index contributed by atoms with van der Waals surface area (Å²) in [6, 6.07) is 0. The van der Waals surface area contributed by atoms with E-state index < -0.39 is 5.97 Å². The molecule has 100 valence electrons. The maximum Gasteiger partial charge on any atom is 0.306 e. The number of ether oxygens (including phenoxy) is 1. The fourth-order valence-electron chi connectivity index (χ4n) is 2.35.